The fraction of sp³-hybridized carbons (Fsp3) is 0.211. The molecule has 0 fully saturated rings. The first-order chi connectivity index (χ1) is 10.7. The molecule has 0 unspecified atom stereocenters. The number of phenols is 1. The lowest BCUT2D eigenvalue weighted by atomic mass is 10.1. The predicted molar refractivity (Wildman–Crippen MR) is 93.9 cm³/mol. The van der Waals surface area contributed by atoms with Gasteiger partial charge in [-0.2, -0.15) is 0 Å². The van der Waals surface area contributed by atoms with E-state index < -0.39 is 0 Å². The molecular weight excluding hydrogens is 290 g/mol. The van der Waals surface area contributed by atoms with E-state index in [4.69, 9.17) is 5.11 Å². The number of aromatic nitrogens is 1. The Hall–Kier alpha value is -2.59. The number of aromatic amines is 1. The Morgan fingerprint density at radius 1 is 1.04 bits per heavy atom. The molecule has 0 spiro atoms. The SMILES string of the molecule is C.CO.O=C(CCc1ccccc1)c1cc2cc(O)ccc2[nH]1. The van der Waals surface area contributed by atoms with Crippen LogP contribution < -0.4 is 0 Å². The number of aliphatic hydroxyl groups is 1. The fourth-order valence-corrected chi connectivity index (χ4v) is 2.31. The van der Waals surface area contributed by atoms with Crippen molar-refractivity contribution in [3.63, 3.8) is 0 Å². The summed E-state index contributed by atoms with van der Waals surface area (Å²) in [6.45, 7) is 0. The molecule has 0 atom stereocenters. The summed E-state index contributed by atoms with van der Waals surface area (Å²) in [7, 11) is 1.00. The van der Waals surface area contributed by atoms with Gasteiger partial charge in [-0.3, -0.25) is 4.79 Å². The molecule has 23 heavy (non-hydrogen) atoms. The lowest BCUT2D eigenvalue weighted by Gasteiger charge is -1.99. The van der Waals surface area contributed by atoms with Crippen molar-refractivity contribution in [2.24, 2.45) is 0 Å². The van der Waals surface area contributed by atoms with Gasteiger partial charge in [-0.05, 0) is 36.2 Å². The highest BCUT2D eigenvalue weighted by Crippen LogP contribution is 2.21. The molecule has 4 nitrogen and oxygen atoms in total. The molecule has 1 aromatic heterocycles. The van der Waals surface area contributed by atoms with Crippen molar-refractivity contribution in [3.8, 4) is 5.75 Å². The molecule has 0 bridgehead atoms. The molecule has 0 aliphatic carbocycles. The van der Waals surface area contributed by atoms with E-state index in [1.165, 1.54) is 0 Å². The number of hydrogen-bond donors (Lipinski definition) is 3. The zero-order valence-corrected chi connectivity index (χ0v) is 12.4. The van der Waals surface area contributed by atoms with E-state index in [9.17, 15) is 9.90 Å². The number of benzene rings is 2. The molecule has 0 saturated heterocycles. The van der Waals surface area contributed by atoms with E-state index in [1.54, 1.807) is 24.3 Å². The molecule has 3 rings (SSSR count). The van der Waals surface area contributed by atoms with Crippen LogP contribution in [0.2, 0.25) is 0 Å². The van der Waals surface area contributed by atoms with Crippen LogP contribution in [0.1, 0.15) is 29.9 Å². The first-order valence-electron chi connectivity index (χ1n) is 7.06. The Labute approximate surface area is 136 Å². The van der Waals surface area contributed by atoms with E-state index in [-0.39, 0.29) is 19.0 Å². The summed E-state index contributed by atoms with van der Waals surface area (Å²) in [4.78, 5) is 15.3. The maximum Gasteiger partial charge on any atom is 0.179 e. The van der Waals surface area contributed by atoms with Crippen LogP contribution in [0.15, 0.2) is 54.6 Å². The third kappa shape index (κ3) is 4.69. The first-order valence-corrected chi connectivity index (χ1v) is 7.06. The van der Waals surface area contributed by atoms with Gasteiger partial charge in [0.2, 0.25) is 0 Å². The van der Waals surface area contributed by atoms with E-state index in [0.29, 0.717) is 12.1 Å². The fourth-order valence-electron chi connectivity index (χ4n) is 2.31. The molecule has 1 heterocycles. The summed E-state index contributed by atoms with van der Waals surface area (Å²) < 4.78 is 0. The van der Waals surface area contributed by atoms with Crippen molar-refractivity contribution in [2.45, 2.75) is 20.3 Å². The number of aryl methyl sites for hydroxylation is 1. The molecular formula is C19H23NO3. The summed E-state index contributed by atoms with van der Waals surface area (Å²) in [6.07, 6.45) is 1.21. The number of ketones is 1. The molecule has 0 aliphatic heterocycles. The van der Waals surface area contributed by atoms with Gasteiger partial charge >= 0.3 is 0 Å². The zero-order chi connectivity index (χ0) is 15.9. The first kappa shape index (κ1) is 18.5. The molecule has 3 aromatic rings. The maximum atomic E-state index is 12.2. The van der Waals surface area contributed by atoms with Gasteiger partial charge < -0.3 is 15.2 Å². The molecule has 122 valence electrons. The minimum absolute atomic E-state index is 0. The van der Waals surface area contributed by atoms with Crippen molar-refractivity contribution >= 4 is 16.7 Å². The van der Waals surface area contributed by atoms with Crippen LogP contribution in [-0.2, 0) is 6.42 Å². The molecule has 0 saturated carbocycles. The van der Waals surface area contributed by atoms with Gasteiger partial charge in [0.1, 0.15) is 5.75 Å². The lowest BCUT2D eigenvalue weighted by Crippen LogP contribution is -2.01. The van der Waals surface area contributed by atoms with Gasteiger partial charge in [-0.25, -0.2) is 0 Å². The van der Waals surface area contributed by atoms with Crippen LogP contribution in [-0.4, -0.2) is 28.1 Å². The summed E-state index contributed by atoms with van der Waals surface area (Å²) in [5.74, 6) is 0.296. The minimum Gasteiger partial charge on any atom is -0.508 e. The largest absolute Gasteiger partial charge is 0.508 e. The highest BCUT2D eigenvalue weighted by atomic mass is 16.3. The Kier molecular flexibility index (Phi) is 7.03. The number of aliphatic hydroxyl groups excluding tert-OH is 1. The quantitative estimate of drug-likeness (QED) is 0.639. The average Bonchev–Trinajstić information content (AvgIpc) is 2.98. The highest BCUT2D eigenvalue weighted by molar-refractivity contribution is 5.99. The second-order valence-corrected chi connectivity index (χ2v) is 4.86. The van der Waals surface area contributed by atoms with Gasteiger partial charge in [0.05, 0.1) is 5.69 Å². The third-order valence-corrected chi connectivity index (χ3v) is 3.39. The smallest absolute Gasteiger partial charge is 0.179 e. The normalized spacial score (nSPS) is 9.65. The van der Waals surface area contributed by atoms with Crippen LogP contribution in [0.4, 0.5) is 0 Å². The monoisotopic (exact) mass is 313 g/mol. The zero-order valence-electron chi connectivity index (χ0n) is 12.4. The van der Waals surface area contributed by atoms with E-state index in [1.807, 2.05) is 30.3 Å². The lowest BCUT2D eigenvalue weighted by molar-refractivity contribution is 0.0979. The third-order valence-electron chi connectivity index (χ3n) is 3.39. The average molecular weight is 313 g/mol. The van der Waals surface area contributed by atoms with Crippen molar-refractivity contribution in [1.29, 1.82) is 0 Å². The maximum absolute atomic E-state index is 12.2. The van der Waals surface area contributed by atoms with Crippen LogP contribution >= 0.6 is 0 Å². The van der Waals surface area contributed by atoms with E-state index >= 15 is 0 Å². The Balaban J connectivity index is 0.000000849. The summed E-state index contributed by atoms with van der Waals surface area (Å²) in [5, 5.41) is 17.3. The number of phenolic OH excluding ortho intramolecular Hbond substituents is 1. The minimum atomic E-state index is 0. The molecule has 0 amide bonds. The highest BCUT2D eigenvalue weighted by Gasteiger charge is 2.10. The number of Topliss-reactive ketones (excluding diaryl/α,β-unsaturated/α-hetero) is 1. The summed E-state index contributed by atoms with van der Waals surface area (Å²) >= 11 is 0. The molecule has 2 aromatic carbocycles. The summed E-state index contributed by atoms with van der Waals surface area (Å²) in [5.41, 5.74) is 2.63. The Morgan fingerprint density at radius 3 is 2.43 bits per heavy atom. The van der Waals surface area contributed by atoms with Crippen LogP contribution in [0.3, 0.4) is 0 Å². The predicted octanol–water partition coefficient (Wildman–Crippen LogP) is 3.93. The second-order valence-electron chi connectivity index (χ2n) is 4.86. The molecule has 0 radical (unpaired) electrons. The van der Waals surface area contributed by atoms with Crippen molar-refractivity contribution < 1.29 is 15.0 Å². The van der Waals surface area contributed by atoms with E-state index in [0.717, 1.165) is 30.0 Å². The van der Waals surface area contributed by atoms with Gasteiger partial charge in [0.15, 0.2) is 5.78 Å². The van der Waals surface area contributed by atoms with Gasteiger partial charge in [0, 0.05) is 24.4 Å². The van der Waals surface area contributed by atoms with Crippen molar-refractivity contribution in [1.82, 2.24) is 4.98 Å². The number of hydrogen-bond acceptors (Lipinski definition) is 3. The van der Waals surface area contributed by atoms with Gasteiger partial charge in [-0.15, -0.1) is 0 Å². The molecule has 0 aliphatic rings. The number of fused-ring (bicyclic) bond motifs is 1. The topological polar surface area (TPSA) is 73.3 Å². The number of H-pyrrole nitrogens is 1. The second kappa shape index (κ2) is 8.76. The number of carbonyl (C=O) groups is 1. The van der Waals surface area contributed by atoms with Gasteiger partial charge in [-0.1, -0.05) is 37.8 Å². The number of aromatic hydroxyl groups is 1. The number of carbonyl (C=O) groups excluding carboxylic acids is 1. The standard InChI is InChI=1S/C17H15NO2.CH4O.CH4/c19-14-7-8-15-13(10-14)11-16(18-15)17(20)9-6-12-4-2-1-3-5-12;1-2;/h1-5,7-8,10-11,18-19H,6,9H2;2H,1H3;1H4. The van der Waals surface area contributed by atoms with Crippen molar-refractivity contribution in [3.05, 3.63) is 65.9 Å². The Bertz CT molecular complexity index is 748. The van der Waals surface area contributed by atoms with Crippen LogP contribution in [0.5, 0.6) is 5.75 Å². The van der Waals surface area contributed by atoms with Crippen LogP contribution in [0.25, 0.3) is 10.9 Å². The number of rotatable bonds is 4. The van der Waals surface area contributed by atoms with Gasteiger partial charge in [0.25, 0.3) is 0 Å². The Morgan fingerprint density at radius 2 is 1.74 bits per heavy atom. The number of nitrogens with one attached hydrogen (secondary N) is 1. The van der Waals surface area contributed by atoms with Crippen LogP contribution in [0, 0.1) is 0 Å². The van der Waals surface area contributed by atoms with E-state index in [2.05, 4.69) is 4.98 Å². The van der Waals surface area contributed by atoms with Crippen molar-refractivity contribution in [2.75, 3.05) is 7.11 Å². The summed E-state index contributed by atoms with van der Waals surface area (Å²) in [6, 6.07) is 16.8. The molecule has 3 N–H and O–H groups in total. The molecule has 4 heteroatoms.